The lowest BCUT2D eigenvalue weighted by atomic mass is 9.81. The number of hydrogen-bond donors (Lipinski definition) is 2. The van der Waals surface area contributed by atoms with E-state index in [1.165, 1.54) is 0 Å². The molecule has 2 saturated heterocycles. The second kappa shape index (κ2) is 9.88. The molecule has 0 aromatic carbocycles. The fraction of sp³-hybridized carbons (Fsp3) is 0.920. The number of esters is 1. The molecule has 2 aliphatic rings. The van der Waals surface area contributed by atoms with Crippen LogP contribution in [0.5, 0.6) is 0 Å². The number of hydrogen-bond acceptors (Lipinski definition) is 6. The van der Waals surface area contributed by atoms with Gasteiger partial charge in [-0.05, 0) is 67.7 Å². The van der Waals surface area contributed by atoms with Gasteiger partial charge in [-0.3, -0.25) is 4.79 Å². The van der Waals surface area contributed by atoms with E-state index >= 15 is 0 Å². The van der Waals surface area contributed by atoms with E-state index in [0.717, 1.165) is 25.7 Å². The van der Waals surface area contributed by atoms with Crippen molar-refractivity contribution in [2.24, 2.45) is 5.92 Å². The Kier molecular flexibility index (Phi) is 8.50. The largest absolute Gasteiger partial charge is 0.462 e. The summed E-state index contributed by atoms with van der Waals surface area (Å²) < 4.78 is 11.9. The van der Waals surface area contributed by atoms with Crippen LogP contribution in [-0.2, 0) is 14.3 Å². The monoisotopic (exact) mass is 470 g/mol. The number of rotatable bonds is 7. The fourth-order valence-corrected chi connectivity index (χ4v) is 7.18. The molecule has 2 unspecified atom stereocenters. The van der Waals surface area contributed by atoms with E-state index in [0.29, 0.717) is 12.3 Å². The molecule has 0 amide bonds. The van der Waals surface area contributed by atoms with E-state index in [1.807, 2.05) is 0 Å². The summed E-state index contributed by atoms with van der Waals surface area (Å²) in [4.78, 5) is 26.0. The van der Waals surface area contributed by atoms with Crippen molar-refractivity contribution in [1.82, 2.24) is 10.6 Å². The lowest BCUT2D eigenvalue weighted by Crippen LogP contribution is -2.60. The minimum atomic E-state index is -0.439. The maximum atomic E-state index is 13.1. The molecule has 186 valence electrons. The number of carbonyl (C=O) groups excluding carboxylic acids is 2. The molecule has 2 N–H and O–H groups in total. The van der Waals surface area contributed by atoms with Crippen LogP contribution in [0, 0.1) is 5.92 Å². The molecule has 6 nitrogen and oxygen atoms in total. The van der Waals surface area contributed by atoms with Gasteiger partial charge in [-0.15, -0.1) is 0 Å². The number of ether oxygens (including phenoxy) is 2. The Hall–Kier alpha value is -0.710. The van der Waals surface area contributed by atoms with Gasteiger partial charge in [0.05, 0.1) is 5.66 Å². The quantitative estimate of drug-likeness (QED) is 0.384. The predicted molar refractivity (Wildman–Crippen MR) is 133 cm³/mol. The Bertz CT molecular complexity index is 655. The third-order valence-electron chi connectivity index (χ3n) is 6.15. The van der Waals surface area contributed by atoms with E-state index < -0.39 is 5.66 Å². The third-order valence-corrected chi connectivity index (χ3v) is 7.32. The SMILES string of the molecule is CC(C)CC(PC(=O)OC1CC(C)(C)NC(C)(C)C1)C(=O)OC1CC(C)(C)NC(C)(C)C1. The van der Waals surface area contributed by atoms with Crippen molar-refractivity contribution in [3.05, 3.63) is 0 Å². The molecule has 0 radical (unpaired) electrons. The molecular weight excluding hydrogens is 423 g/mol. The van der Waals surface area contributed by atoms with Crippen LogP contribution in [0.15, 0.2) is 0 Å². The van der Waals surface area contributed by atoms with Gasteiger partial charge in [-0.2, -0.15) is 0 Å². The second-order valence-corrected chi connectivity index (χ2v) is 14.4. The first-order valence-corrected chi connectivity index (χ1v) is 13.2. The first-order valence-electron chi connectivity index (χ1n) is 12.1. The molecule has 0 aromatic heterocycles. The average molecular weight is 471 g/mol. The first kappa shape index (κ1) is 27.5. The molecule has 0 aliphatic carbocycles. The summed E-state index contributed by atoms with van der Waals surface area (Å²) in [5.41, 5.74) is -1.10. The Balaban J connectivity index is 2.01. The zero-order valence-electron chi connectivity index (χ0n) is 22.0. The summed E-state index contributed by atoms with van der Waals surface area (Å²) in [7, 11) is -0.220. The topological polar surface area (TPSA) is 76.7 Å². The first-order chi connectivity index (χ1) is 14.4. The fourth-order valence-electron chi connectivity index (χ4n) is 5.88. The van der Waals surface area contributed by atoms with Crippen molar-refractivity contribution in [3.63, 3.8) is 0 Å². The molecule has 0 saturated carbocycles. The lowest BCUT2D eigenvalue weighted by Gasteiger charge is -2.46. The van der Waals surface area contributed by atoms with E-state index in [4.69, 9.17) is 9.47 Å². The van der Waals surface area contributed by atoms with Crippen molar-refractivity contribution in [1.29, 1.82) is 0 Å². The maximum Gasteiger partial charge on any atom is 0.324 e. The van der Waals surface area contributed by atoms with Crippen molar-refractivity contribution in [3.8, 4) is 0 Å². The Morgan fingerprint density at radius 1 is 0.781 bits per heavy atom. The summed E-state index contributed by atoms with van der Waals surface area (Å²) >= 11 is 0. The van der Waals surface area contributed by atoms with Crippen LogP contribution in [-0.4, -0.2) is 51.7 Å². The van der Waals surface area contributed by atoms with E-state index in [9.17, 15) is 9.59 Å². The molecule has 0 spiro atoms. The van der Waals surface area contributed by atoms with Crippen LogP contribution in [0.3, 0.4) is 0 Å². The highest BCUT2D eigenvalue weighted by Crippen LogP contribution is 2.36. The summed E-state index contributed by atoms with van der Waals surface area (Å²) in [6.07, 6.45) is 3.43. The summed E-state index contributed by atoms with van der Waals surface area (Å²) in [6, 6.07) is 0. The minimum absolute atomic E-state index is 0.0965. The summed E-state index contributed by atoms with van der Waals surface area (Å²) in [5, 5.41) is 7.23. The summed E-state index contributed by atoms with van der Waals surface area (Å²) in [6.45, 7) is 21.3. The molecule has 0 aromatic rings. The van der Waals surface area contributed by atoms with Crippen molar-refractivity contribution < 1.29 is 19.1 Å². The van der Waals surface area contributed by atoms with Gasteiger partial charge >= 0.3 is 11.7 Å². The highest BCUT2D eigenvalue weighted by Gasteiger charge is 2.42. The van der Waals surface area contributed by atoms with E-state index in [-0.39, 0.29) is 54.6 Å². The van der Waals surface area contributed by atoms with Crippen LogP contribution in [0.2, 0.25) is 0 Å². The molecule has 2 aliphatic heterocycles. The van der Waals surface area contributed by atoms with Gasteiger partial charge in [0.25, 0.3) is 0 Å². The number of nitrogens with one attached hydrogen (secondary N) is 2. The Morgan fingerprint density at radius 3 is 1.53 bits per heavy atom. The highest BCUT2D eigenvalue weighted by molar-refractivity contribution is 7.58. The van der Waals surface area contributed by atoms with Gasteiger partial charge in [0.1, 0.15) is 12.2 Å². The van der Waals surface area contributed by atoms with Gasteiger partial charge in [-0.1, -0.05) is 13.8 Å². The average Bonchev–Trinajstić information content (AvgIpc) is 2.46. The van der Waals surface area contributed by atoms with Gasteiger partial charge in [-0.25, -0.2) is 4.79 Å². The van der Waals surface area contributed by atoms with Crippen LogP contribution < -0.4 is 10.6 Å². The molecule has 32 heavy (non-hydrogen) atoms. The molecule has 2 rings (SSSR count). The number of piperidine rings is 2. The van der Waals surface area contributed by atoms with E-state index in [1.54, 1.807) is 0 Å². The zero-order chi connectivity index (χ0) is 24.5. The second-order valence-electron chi connectivity index (χ2n) is 13.0. The van der Waals surface area contributed by atoms with Crippen LogP contribution >= 0.6 is 8.58 Å². The highest BCUT2D eigenvalue weighted by atomic mass is 31.1. The van der Waals surface area contributed by atoms with Crippen LogP contribution in [0.25, 0.3) is 0 Å². The maximum absolute atomic E-state index is 13.1. The summed E-state index contributed by atoms with van der Waals surface area (Å²) in [5.74, 6) is 0.0453. The van der Waals surface area contributed by atoms with Crippen molar-refractivity contribution in [2.45, 2.75) is 141 Å². The normalized spacial score (nSPS) is 26.2. The molecule has 2 atom stereocenters. The van der Waals surface area contributed by atoms with Crippen molar-refractivity contribution >= 4 is 20.3 Å². The molecule has 7 heteroatoms. The molecule has 2 heterocycles. The lowest BCUT2D eigenvalue weighted by molar-refractivity contribution is -0.152. The standard InChI is InChI=1S/C25H47N2O4P/c1-16(2)11-19(20(28)30-17-12-22(3,4)26-23(5,6)13-17)32-21(29)31-18-14-24(7,8)27-25(9,10)15-18/h16-19,26-27,32H,11-15H2,1-10H3. The molecule has 0 bridgehead atoms. The minimum Gasteiger partial charge on any atom is -0.462 e. The zero-order valence-corrected chi connectivity index (χ0v) is 23.0. The van der Waals surface area contributed by atoms with Gasteiger partial charge in [0, 0.05) is 56.4 Å². The smallest absolute Gasteiger partial charge is 0.324 e. The van der Waals surface area contributed by atoms with Crippen LogP contribution in [0.4, 0.5) is 4.79 Å². The Labute approximate surface area is 197 Å². The van der Waals surface area contributed by atoms with Crippen LogP contribution in [0.1, 0.15) is 101 Å². The third kappa shape index (κ3) is 8.91. The Morgan fingerprint density at radius 2 is 1.16 bits per heavy atom. The number of carbonyl (C=O) groups is 2. The van der Waals surface area contributed by atoms with Gasteiger partial charge < -0.3 is 20.1 Å². The molecule has 2 fully saturated rings. The van der Waals surface area contributed by atoms with E-state index in [2.05, 4.69) is 79.9 Å². The predicted octanol–water partition coefficient (Wildman–Crippen LogP) is 5.38. The van der Waals surface area contributed by atoms with Gasteiger partial charge in [0.2, 0.25) is 0 Å². The van der Waals surface area contributed by atoms with Gasteiger partial charge in [0.15, 0.2) is 0 Å². The van der Waals surface area contributed by atoms with Crippen molar-refractivity contribution in [2.75, 3.05) is 0 Å². The molecular formula is C25H47N2O4P.